The van der Waals surface area contributed by atoms with Crippen LogP contribution in [-0.4, -0.2) is 35.6 Å². The van der Waals surface area contributed by atoms with E-state index in [0.29, 0.717) is 29.6 Å². The van der Waals surface area contributed by atoms with E-state index in [4.69, 9.17) is 9.98 Å². The Labute approximate surface area is 198 Å². The summed E-state index contributed by atoms with van der Waals surface area (Å²) in [6.07, 6.45) is 19.0. The third-order valence-electron chi connectivity index (χ3n) is 9.61. The van der Waals surface area contributed by atoms with Crippen LogP contribution in [0.2, 0.25) is 0 Å². The summed E-state index contributed by atoms with van der Waals surface area (Å²) < 4.78 is 0. The van der Waals surface area contributed by atoms with Crippen LogP contribution in [0.15, 0.2) is 9.98 Å². The second-order valence-corrected chi connectivity index (χ2v) is 12.8. The van der Waals surface area contributed by atoms with Gasteiger partial charge in [0.2, 0.25) is 0 Å². The smallest absolute Gasteiger partial charge is 0.0530 e. The largest absolute Gasteiger partial charge is 0.301 e. The SMILES string of the molecule is CC(=NC1CCC(C(C)(C)C)CC1)C1CCCC(C(C)=NC2CCCC3CCCCC32)N1. The van der Waals surface area contributed by atoms with Gasteiger partial charge in [0.25, 0.3) is 0 Å². The minimum absolute atomic E-state index is 0.452. The molecule has 1 saturated heterocycles. The number of piperidine rings is 1. The van der Waals surface area contributed by atoms with Gasteiger partial charge in [-0.1, -0.05) is 52.9 Å². The van der Waals surface area contributed by atoms with Crippen molar-refractivity contribution in [1.29, 1.82) is 0 Å². The van der Waals surface area contributed by atoms with E-state index < -0.39 is 0 Å². The molecule has 3 aliphatic carbocycles. The van der Waals surface area contributed by atoms with E-state index in [-0.39, 0.29) is 0 Å². The van der Waals surface area contributed by atoms with E-state index in [1.807, 2.05) is 0 Å². The number of aliphatic imine (C=N–C) groups is 2. The summed E-state index contributed by atoms with van der Waals surface area (Å²) in [6, 6.07) is 2.06. The van der Waals surface area contributed by atoms with Crippen LogP contribution < -0.4 is 5.32 Å². The molecule has 32 heavy (non-hydrogen) atoms. The molecule has 0 bridgehead atoms. The van der Waals surface area contributed by atoms with Crippen LogP contribution in [0.1, 0.15) is 125 Å². The third kappa shape index (κ3) is 6.05. The van der Waals surface area contributed by atoms with Crippen molar-refractivity contribution >= 4 is 11.4 Å². The van der Waals surface area contributed by atoms with Crippen molar-refractivity contribution in [2.45, 2.75) is 149 Å². The average Bonchev–Trinajstić information content (AvgIpc) is 2.79. The molecule has 0 amide bonds. The molecular formula is C29H51N3. The first-order chi connectivity index (χ1) is 15.3. The molecule has 0 radical (unpaired) electrons. The van der Waals surface area contributed by atoms with Gasteiger partial charge in [0.1, 0.15) is 0 Å². The van der Waals surface area contributed by atoms with Crippen LogP contribution >= 0.6 is 0 Å². The molecule has 0 aromatic carbocycles. The predicted molar refractivity (Wildman–Crippen MR) is 139 cm³/mol. The Morgan fingerprint density at radius 2 is 1.25 bits per heavy atom. The predicted octanol–water partition coefficient (Wildman–Crippen LogP) is 7.38. The lowest BCUT2D eigenvalue weighted by atomic mass is 9.68. The van der Waals surface area contributed by atoms with Gasteiger partial charge in [-0.15, -0.1) is 0 Å². The molecule has 0 aromatic heterocycles. The van der Waals surface area contributed by atoms with E-state index in [0.717, 1.165) is 17.8 Å². The average molecular weight is 442 g/mol. The van der Waals surface area contributed by atoms with Crippen LogP contribution in [0.3, 0.4) is 0 Å². The minimum Gasteiger partial charge on any atom is -0.301 e. The Kier molecular flexibility index (Phi) is 8.17. The van der Waals surface area contributed by atoms with Crippen LogP contribution in [0.5, 0.6) is 0 Å². The molecule has 0 spiro atoms. The highest BCUT2D eigenvalue weighted by Crippen LogP contribution is 2.42. The van der Waals surface area contributed by atoms with Gasteiger partial charge in [0, 0.05) is 29.5 Å². The third-order valence-corrected chi connectivity index (χ3v) is 9.61. The molecule has 4 fully saturated rings. The van der Waals surface area contributed by atoms with E-state index in [2.05, 4.69) is 39.9 Å². The van der Waals surface area contributed by atoms with E-state index >= 15 is 0 Å². The molecule has 182 valence electrons. The normalized spacial score (nSPS) is 40.1. The fourth-order valence-electron chi connectivity index (χ4n) is 7.46. The first kappa shape index (κ1) is 24.4. The molecule has 4 aliphatic rings. The van der Waals surface area contributed by atoms with Crippen LogP contribution in [-0.2, 0) is 0 Å². The lowest BCUT2D eigenvalue weighted by Crippen LogP contribution is -2.50. The Hall–Kier alpha value is -0.700. The van der Waals surface area contributed by atoms with Gasteiger partial charge < -0.3 is 5.32 Å². The van der Waals surface area contributed by atoms with Crippen LogP contribution in [0, 0.1) is 23.2 Å². The molecule has 3 nitrogen and oxygen atoms in total. The Morgan fingerprint density at radius 1 is 0.656 bits per heavy atom. The van der Waals surface area contributed by atoms with Gasteiger partial charge in [-0.05, 0) is 94.8 Å². The quantitative estimate of drug-likeness (QED) is 0.454. The maximum absolute atomic E-state index is 5.40. The number of nitrogens with zero attached hydrogens (tertiary/aromatic N) is 2. The maximum atomic E-state index is 5.40. The van der Waals surface area contributed by atoms with Gasteiger partial charge >= 0.3 is 0 Å². The standard InChI is InChI=1S/C29H51N3/c1-20(30-24-18-16-23(17-19-24)29(3,4)5)26-13-9-14-27(32-26)21(2)31-28-15-8-11-22-10-6-7-12-25(22)28/h22-28,32H,6-19H2,1-5H3. The molecule has 0 aromatic rings. The number of rotatable bonds is 4. The monoisotopic (exact) mass is 441 g/mol. The molecule has 1 N–H and O–H groups in total. The summed E-state index contributed by atoms with van der Waals surface area (Å²) in [5, 5.41) is 3.98. The number of fused-ring (bicyclic) bond motifs is 1. The van der Waals surface area contributed by atoms with Crippen molar-refractivity contribution in [1.82, 2.24) is 5.32 Å². The summed E-state index contributed by atoms with van der Waals surface area (Å²) >= 11 is 0. The van der Waals surface area contributed by atoms with Gasteiger partial charge in [0.15, 0.2) is 0 Å². The van der Waals surface area contributed by atoms with Crippen molar-refractivity contribution < 1.29 is 0 Å². The van der Waals surface area contributed by atoms with Crippen molar-refractivity contribution in [2.75, 3.05) is 0 Å². The van der Waals surface area contributed by atoms with Crippen LogP contribution in [0.25, 0.3) is 0 Å². The van der Waals surface area contributed by atoms with Gasteiger partial charge in [-0.3, -0.25) is 9.98 Å². The van der Waals surface area contributed by atoms with E-state index in [1.54, 1.807) is 0 Å². The van der Waals surface area contributed by atoms with E-state index in [9.17, 15) is 0 Å². The second-order valence-electron chi connectivity index (χ2n) is 12.8. The zero-order valence-electron chi connectivity index (χ0n) is 21.8. The summed E-state index contributed by atoms with van der Waals surface area (Å²) in [5.74, 6) is 2.71. The fraction of sp³-hybridized carbons (Fsp3) is 0.931. The van der Waals surface area contributed by atoms with Gasteiger partial charge in [-0.2, -0.15) is 0 Å². The Bertz CT molecular complexity index is 662. The zero-order chi connectivity index (χ0) is 22.7. The molecule has 1 heterocycles. The summed E-state index contributed by atoms with van der Waals surface area (Å²) in [5.41, 5.74) is 3.19. The lowest BCUT2D eigenvalue weighted by Gasteiger charge is -2.40. The van der Waals surface area contributed by atoms with Crippen molar-refractivity contribution in [3.05, 3.63) is 0 Å². The highest BCUT2D eigenvalue weighted by molar-refractivity contribution is 5.91. The molecule has 3 saturated carbocycles. The molecular weight excluding hydrogens is 390 g/mol. The molecule has 5 unspecified atom stereocenters. The molecule has 3 heteroatoms. The van der Waals surface area contributed by atoms with E-state index in [1.165, 1.54) is 101 Å². The lowest BCUT2D eigenvalue weighted by molar-refractivity contribution is 0.147. The summed E-state index contributed by atoms with van der Waals surface area (Å²) in [7, 11) is 0. The zero-order valence-corrected chi connectivity index (χ0v) is 21.8. The Morgan fingerprint density at radius 3 is 1.94 bits per heavy atom. The second kappa shape index (κ2) is 10.7. The number of hydrogen-bond donors (Lipinski definition) is 1. The molecule has 4 rings (SSSR count). The first-order valence-corrected chi connectivity index (χ1v) is 14.2. The van der Waals surface area contributed by atoms with Crippen molar-refractivity contribution in [3.8, 4) is 0 Å². The number of nitrogens with one attached hydrogen (secondary N) is 1. The Balaban J connectivity index is 1.33. The van der Waals surface area contributed by atoms with Gasteiger partial charge in [-0.25, -0.2) is 0 Å². The summed E-state index contributed by atoms with van der Waals surface area (Å²) in [6.45, 7) is 11.8. The highest BCUT2D eigenvalue weighted by atomic mass is 15.0. The van der Waals surface area contributed by atoms with Gasteiger partial charge in [0.05, 0.1) is 6.04 Å². The number of hydrogen-bond acceptors (Lipinski definition) is 3. The maximum Gasteiger partial charge on any atom is 0.0530 e. The topological polar surface area (TPSA) is 36.8 Å². The van der Waals surface area contributed by atoms with Crippen molar-refractivity contribution in [3.63, 3.8) is 0 Å². The van der Waals surface area contributed by atoms with Crippen LogP contribution in [0.4, 0.5) is 0 Å². The molecule has 1 aliphatic heterocycles. The minimum atomic E-state index is 0.452. The molecule has 5 atom stereocenters. The summed E-state index contributed by atoms with van der Waals surface area (Å²) in [4.78, 5) is 10.7. The first-order valence-electron chi connectivity index (χ1n) is 14.2. The highest BCUT2D eigenvalue weighted by Gasteiger charge is 2.35. The van der Waals surface area contributed by atoms with Crippen molar-refractivity contribution in [2.24, 2.45) is 33.2 Å². The fourth-order valence-corrected chi connectivity index (χ4v) is 7.46.